The lowest BCUT2D eigenvalue weighted by molar-refractivity contribution is 0.462. The minimum Gasteiger partial charge on any atom is -0.439 e. The molecule has 0 aliphatic carbocycles. The Labute approximate surface area is 122 Å². The van der Waals surface area contributed by atoms with Crippen molar-refractivity contribution in [3.8, 4) is 11.6 Å². The Kier molecular flexibility index (Phi) is 4.10. The van der Waals surface area contributed by atoms with Crippen LogP contribution in [0.25, 0.3) is 0 Å². The van der Waals surface area contributed by atoms with Crippen molar-refractivity contribution in [2.45, 2.75) is 26.3 Å². The average Bonchev–Trinajstić information content (AvgIpc) is 2.27. The molecule has 0 saturated carbocycles. The van der Waals surface area contributed by atoms with Crippen molar-refractivity contribution in [2.75, 3.05) is 5.32 Å². The first-order chi connectivity index (χ1) is 8.92. The van der Waals surface area contributed by atoms with Crippen LogP contribution in [-0.4, -0.2) is 10.5 Å². The predicted octanol–water partition coefficient (Wildman–Crippen LogP) is 4.85. The minimum atomic E-state index is -0.0264. The van der Waals surface area contributed by atoms with Gasteiger partial charge >= 0.3 is 0 Å². The van der Waals surface area contributed by atoms with E-state index in [1.54, 1.807) is 0 Å². The molecule has 0 atom stereocenters. The summed E-state index contributed by atoms with van der Waals surface area (Å²) in [5.74, 6) is 2.14. The lowest BCUT2D eigenvalue weighted by Gasteiger charge is -2.21. The number of pyridine rings is 1. The van der Waals surface area contributed by atoms with Crippen LogP contribution in [0.3, 0.4) is 0 Å². The van der Waals surface area contributed by atoms with Gasteiger partial charge in [-0.3, -0.25) is 0 Å². The molecule has 0 aliphatic heterocycles. The first-order valence-corrected chi connectivity index (χ1v) is 6.90. The first kappa shape index (κ1) is 13.9. The lowest BCUT2D eigenvalue weighted by atomic mass is 10.1. The third kappa shape index (κ3) is 4.56. The zero-order valence-electron chi connectivity index (χ0n) is 11.3. The van der Waals surface area contributed by atoms with Crippen LogP contribution in [0, 0.1) is 0 Å². The maximum atomic E-state index is 5.73. The fourth-order valence-electron chi connectivity index (χ4n) is 1.58. The monoisotopic (exact) mass is 320 g/mol. The molecule has 3 nitrogen and oxygen atoms in total. The second-order valence-corrected chi connectivity index (χ2v) is 6.21. The van der Waals surface area contributed by atoms with Crippen molar-refractivity contribution in [1.29, 1.82) is 0 Å². The van der Waals surface area contributed by atoms with Gasteiger partial charge in [0.1, 0.15) is 11.6 Å². The van der Waals surface area contributed by atoms with Gasteiger partial charge in [-0.1, -0.05) is 28.1 Å². The second-order valence-electron chi connectivity index (χ2n) is 5.30. The molecule has 2 aromatic rings. The summed E-state index contributed by atoms with van der Waals surface area (Å²) in [6.45, 7) is 6.28. The Bertz CT molecular complexity index is 564. The number of halogens is 1. The van der Waals surface area contributed by atoms with Crippen molar-refractivity contribution in [1.82, 2.24) is 4.98 Å². The van der Waals surface area contributed by atoms with Gasteiger partial charge in [-0.25, -0.2) is 0 Å². The molecule has 1 aromatic heterocycles. The smallest absolute Gasteiger partial charge is 0.221 e. The normalized spacial score (nSPS) is 11.2. The molecule has 19 heavy (non-hydrogen) atoms. The van der Waals surface area contributed by atoms with E-state index in [1.165, 1.54) is 0 Å². The van der Waals surface area contributed by atoms with Crippen LogP contribution in [0.1, 0.15) is 20.8 Å². The Hall–Kier alpha value is -1.55. The molecule has 0 radical (unpaired) electrons. The van der Waals surface area contributed by atoms with Crippen LogP contribution >= 0.6 is 15.9 Å². The number of anilines is 1. The maximum Gasteiger partial charge on any atom is 0.221 e. The van der Waals surface area contributed by atoms with Crippen LogP contribution in [0.4, 0.5) is 5.82 Å². The van der Waals surface area contributed by atoms with Gasteiger partial charge < -0.3 is 10.1 Å². The Morgan fingerprint density at radius 1 is 1.11 bits per heavy atom. The third-order valence-electron chi connectivity index (χ3n) is 2.25. The zero-order valence-corrected chi connectivity index (χ0v) is 12.9. The van der Waals surface area contributed by atoms with Crippen molar-refractivity contribution >= 4 is 21.7 Å². The number of nitrogens with zero attached hydrogens (tertiary/aromatic N) is 1. The molecule has 4 heteroatoms. The number of hydrogen-bond acceptors (Lipinski definition) is 3. The molecule has 1 aromatic carbocycles. The number of hydrogen-bond donors (Lipinski definition) is 1. The first-order valence-electron chi connectivity index (χ1n) is 6.11. The van der Waals surface area contributed by atoms with Gasteiger partial charge in [-0.2, -0.15) is 4.98 Å². The molecule has 100 valence electrons. The Morgan fingerprint density at radius 3 is 2.53 bits per heavy atom. The van der Waals surface area contributed by atoms with Crippen LogP contribution in [-0.2, 0) is 0 Å². The number of benzene rings is 1. The van der Waals surface area contributed by atoms with Crippen molar-refractivity contribution in [3.05, 3.63) is 46.9 Å². The summed E-state index contributed by atoms with van der Waals surface area (Å²) in [5, 5.41) is 3.32. The van der Waals surface area contributed by atoms with E-state index in [2.05, 4.69) is 47.0 Å². The summed E-state index contributed by atoms with van der Waals surface area (Å²) >= 11 is 3.42. The molecule has 0 spiro atoms. The van der Waals surface area contributed by atoms with E-state index in [-0.39, 0.29) is 5.54 Å². The van der Waals surface area contributed by atoms with Gasteiger partial charge in [0.05, 0.1) is 0 Å². The average molecular weight is 321 g/mol. The second kappa shape index (κ2) is 5.61. The molecule has 1 N–H and O–H groups in total. The molecule has 0 bridgehead atoms. The summed E-state index contributed by atoms with van der Waals surface area (Å²) in [5.41, 5.74) is -0.0264. The number of nitrogens with one attached hydrogen (secondary N) is 1. The Balaban J connectivity index is 2.15. The standard InChI is InChI=1S/C15H17BrN2O/c1-15(2,3)18-13-8-5-9-14(17-13)19-12-7-4-6-11(16)10-12/h4-10H,1-3H3,(H,17,18). The highest BCUT2D eigenvalue weighted by Gasteiger charge is 2.10. The van der Waals surface area contributed by atoms with E-state index in [4.69, 9.17) is 4.74 Å². The highest BCUT2D eigenvalue weighted by atomic mass is 79.9. The van der Waals surface area contributed by atoms with Gasteiger partial charge in [-0.15, -0.1) is 0 Å². The topological polar surface area (TPSA) is 34.1 Å². The quantitative estimate of drug-likeness (QED) is 0.878. The fraction of sp³-hybridized carbons (Fsp3) is 0.267. The SMILES string of the molecule is CC(C)(C)Nc1cccc(Oc2cccc(Br)c2)n1. The van der Waals surface area contributed by atoms with E-state index in [0.29, 0.717) is 5.88 Å². The van der Waals surface area contributed by atoms with Gasteiger partial charge in [-0.05, 0) is 45.0 Å². The van der Waals surface area contributed by atoms with Gasteiger partial charge in [0, 0.05) is 16.1 Å². The molecule has 1 heterocycles. The summed E-state index contributed by atoms with van der Waals surface area (Å²) < 4.78 is 6.71. The fourth-order valence-corrected chi connectivity index (χ4v) is 1.95. The van der Waals surface area contributed by atoms with E-state index < -0.39 is 0 Å². The van der Waals surface area contributed by atoms with E-state index in [9.17, 15) is 0 Å². The van der Waals surface area contributed by atoms with Gasteiger partial charge in [0.15, 0.2) is 0 Å². The molecular weight excluding hydrogens is 304 g/mol. The van der Waals surface area contributed by atoms with Crippen LogP contribution in [0.15, 0.2) is 46.9 Å². The van der Waals surface area contributed by atoms with Crippen LogP contribution in [0.5, 0.6) is 11.6 Å². The number of rotatable bonds is 3. The van der Waals surface area contributed by atoms with Crippen molar-refractivity contribution < 1.29 is 4.74 Å². The molecule has 0 fully saturated rings. The van der Waals surface area contributed by atoms with Gasteiger partial charge in [0.25, 0.3) is 0 Å². The highest BCUT2D eigenvalue weighted by molar-refractivity contribution is 9.10. The van der Waals surface area contributed by atoms with E-state index in [1.807, 2.05) is 42.5 Å². The molecule has 2 rings (SSSR count). The maximum absolute atomic E-state index is 5.73. The van der Waals surface area contributed by atoms with Crippen molar-refractivity contribution in [2.24, 2.45) is 0 Å². The van der Waals surface area contributed by atoms with E-state index >= 15 is 0 Å². The summed E-state index contributed by atoms with van der Waals surface area (Å²) in [6.07, 6.45) is 0. The summed E-state index contributed by atoms with van der Waals surface area (Å²) in [6, 6.07) is 13.4. The number of ether oxygens (including phenoxy) is 1. The van der Waals surface area contributed by atoms with E-state index in [0.717, 1.165) is 16.0 Å². The Morgan fingerprint density at radius 2 is 1.84 bits per heavy atom. The lowest BCUT2D eigenvalue weighted by Crippen LogP contribution is -2.26. The third-order valence-corrected chi connectivity index (χ3v) is 2.74. The van der Waals surface area contributed by atoms with Crippen LogP contribution < -0.4 is 10.1 Å². The minimum absolute atomic E-state index is 0.0264. The summed E-state index contributed by atoms with van der Waals surface area (Å²) in [4.78, 5) is 4.43. The molecule has 0 saturated heterocycles. The molecular formula is C15H17BrN2O. The highest BCUT2D eigenvalue weighted by Crippen LogP contribution is 2.24. The zero-order chi connectivity index (χ0) is 13.9. The summed E-state index contributed by atoms with van der Waals surface area (Å²) in [7, 11) is 0. The largest absolute Gasteiger partial charge is 0.439 e. The predicted molar refractivity (Wildman–Crippen MR) is 81.8 cm³/mol. The van der Waals surface area contributed by atoms with Gasteiger partial charge in [0.2, 0.25) is 5.88 Å². The molecule has 0 unspecified atom stereocenters. The molecule has 0 amide bonds. The van der Waals surface area contributed by atoms with Crippen molar-refractivity contribution in [3.63, 3.8) is 0 Å². The number of aromatic nitrogens is 1. The van der Waals surface area contributed by atoms with Crippen LogP contribution in [0.2, 0.25) is 0 Å². The molecule has 0 aliphatic rings.